The van der Waals surface area contributed by atoms with Gasteiger partial charge in [-0.25, -0.2) is 0 Å². The molecule has 2 aliphatic rings. The molecule has 1 aromatic heterocycles. The van der Waals surface area contributed by atoms with Crippen molar-refractivity contribution in [2.24, 2.45) is 7.05 Å². The van der Waals surface area contributed by atoms with Crippen LogP contribution < -0.4 is 10.1 Å². The number of rotatable bonds is 4. The maximum Gasteiger partial charge on any atom is 0.231 e. The molecule has 0 spiro atoms. The molecule has 6 heteroatoms. The van der Waals surface area contributed by atoms with Crippen LogP contribution in [0.1, 0.15) is 59.4 Å². The molecule has 0 saturated heterocycles. The first kappa shape index (κ1) is 16.1. The van der Waals surface area contributed by atoms with Gasteiger partial charge in [0.25, 0.3) is 0 Å². The third-order valence-electron chi connectivity index (χ3n) is 5.61. The van der Waals surface area contributed by atoms with Gasteiger partial charge in [-0.15, -0.1) is 10.2 Å². The fourth-order valence-corrected chi connectivity index (χ4v) is 3.53. The summed E-state index contributed by atoms with van der Waals surface area (Å²) in [5.41, 5.74) is 3.34. The normalized spacial score (nSPS) is 19.2. The number of amides is 1. The first-order chi connectivity index (χ1) is 12.0. The molecular weight excluding hydrogens is 316 g/mol. The van der Waals surface area contributed by atoms with Crippen molar-refractivity contribution in [2.45, 2.75) is 51.5 Å². The van der Waals surface area contributed by atoms with E-state index in [1.54, 1.807) is 0 Å². The van der Waals surface area contributed by atoms with Gasteiger partial charge in [0.15, 0.2) is 5.82 Å². The summed E-state index contributed by atoms with van der Waals surface area (Å²) in [6.45, 7) is 4.91. The van der Waals surface area contributed by atoms with Crippen LogP contribution in [0.5, 0.6) is 5.75 Å². The molecular formula is C19H24N4O2. The maximum absolute atomic E-state index is 12.6. The van der Waals surface area contributed by atoms with Gasteiger partial charge in [0, 0.05) is 18.5 Å². The zero-order chi connectivity index (χ0) is 17.6. The van der Waals surface area contributed by atoms with Crippen molar-refractivity contribution in [3.8, 4) is 5.75 Å². The summed E-state index contributed by atoms with van der Waals surface area (Å²) in [4.78, 5) is 12.6. The van der Waals surface area contributed by atoms with Crippen LogP contribution in [0, 0.1) is 13.8 Å². The first-order valence-electron chi connectivity index (χ1n) is 8.94. The predicted molar refractivity (Wildman–Crippen MR) is 93.6 cm³/mol. The van der Waals surface area contributed by atoms with Crippen LogP contribution >= 0.6 is 0 Å². The van der Waals surface area contributed by atoms with Crippen LogP contribution in [0.4, 0.5) is 0 Å². The van der Waals surface area contributed by atoms with Gasteiger partial charge in [0.05, 0.1) is 6.54 Å². The molecule has 1 amide bonds. The maximum atomic E-state index is 12.6. The number of hydrogen-bond donors (Lipinski definition) is 1. The van der Waals surface area contributed by atoms with E-state index in [2.05, 4.69) is 35.4 Å². The number of carbonyl (C=O) groups excluding carboxylic acids is 1. The third-order valence-corrected chi connectivity index (χ3v) is 5.61. The van der Waals surface area contributed by atoms with E-state index < -0.39 is 0 Å². The number of ether oxygens (including phenoxy) is 1. The van der Waals surface area contributed by atoms with Crippen LogP contribution in [0.25, 0.3) is 0 Å². The van der Waals surface area contributed by atoms with Crippen molar-refractivity contribution in [1.29, 1.82) is 0 Å². The summed E-state index contributed by atoms with van der Waals surface area (Å²) in [5, 5.41) is 11.6. The Balaban J connectivity index is 1.44. The average Bonchev–Trinajstić information content (AvgIpc) is 3.09. The summed E-state index contributed by atoms with van der Waals surface area (Å²) in [6.07, 6.45) is 3.64. The van der Waals surface area contributed by atoms with Crippen molar-refractivity contribution in [3.05, 3.63) is 40.5 Å². The first-order valence-corrected chi connectivity index (χ1v) is 8.94. The van der Waals surface area contributed by atoms with Crippen molar-refractivity contribution in [1.82, 2.24) is 20.1 Å². The molecule has 25 heavy (non-hydrogen) atoms. The van der Waals surface area contributed by atoms with Gasteiger partial charge >= 0.3 is 0 Å². The molecule has 1 aliphatic carbocycles. The number of aryl methyl sites for hydroxylation is 2. The Hall–Kier alpha value is -2.37. The van der Waals surface area contributed by atoms with Crippen LogP contribution in [0.2, 0.25) is 0 Å². The van der Waals surface area contributed by atoms with E-state index in [0.717, 1.165) is 23.0 Å². The van der Waals surface area contributed by atoms with Gasteiger partial charge in [-0.05, 0) is 43.9 Å². The summed E-state index contributed by atoms with van der Waals surface area (Å²) in [6, 6.07) is 4.09. The van der Waals surface area contributed by atoms with Gasteiger partial charge in [0.1, 0.15) is 24.1 Å². The Morgan fingerprint density at radius 1 is 1.28 bits per heavy atom. The second kappa shape index (κ2) is 6.17. The van der Waals surface area contributed by atoms with E-state index in [4.69, 9.17) is 4.74 Å². The predicted octanol–water partition coefficient (Wildman–Crippen LogP) is 2.49. The quantitative estimate of drug-likeness (QED) is 0.928. The van der Waals surface area contributed by atoms with Crippen LogP contribution in [0.3, 0.4) is 0 Å². The number of nitrogens with zero attached hydrogens (tertiary/aromatic N) is 3. The number of nitrogens with one attached hydrogen (secondary N) is 1. The van der Waals surface area contributed by atoms with E-state index in [1.807, 2.05) is 17.7 Å². The topological polar surface area (TPSA) is 69.0 Å². The molecule has 1 aliphatic heterocycles. The SMILES string of the molecule is Cc1cc2c(cc1C)[C@@H](C(=O)NCc1nnc(C3CCC3)n1C)CO2. The molecule has 6 nitrogen and oxygen atoms in total. The van der Waals surface area contributed by atoms with E-state index >= 15 is 0 Å². The minimum Gasteiger partial charge on any atom is -0.492 e. The van der Waals surface area contributed by atoms with Crippen LogP contribution in [-0.2, 0) is 18.4 Å². The summed E-state index contributed by atoms with van der Waals surface area (Å²) in [5.74, 6) is 2.92. The molecule has 0 unspecified atom stereocenters. The van der Waals surface area contributed by atoms with Crippen molar-refractivity contribution < 1.29 is 9.53 Å². The number of aromatic nitrogens is 3. The Kier molecular flexibility index (Phi) is 3.98. The van der Waals surface area contributed by atoms with Crippen molar-refractivity contribution in [2.75, 3.05) is 6.61 Å². The van der Waals surface area contributed by atoms with Gasteiger partial charge in [-0.2, -0.15) is 0 Å². The largest absolute Gasteiger partial charge is 0.492 e. The molecule has 132 valence electrons. The second-order valence-electron chi connectivity index (χ2n) is 7.22. The van der Waals surface area contributed by atoms with E-state index in [1.165, 1.54) is 30.4 Å². The Morgan fingerprint density at radius 3 is 2.76 bits per heavy atom. The molecule has 4 rings (SSSR count). The van der Waals surface area contributed by atoms with Gasteiger partial charge in [-0.1, -0.05) is 12.5 Å². The Morgan fingerprint density at radius 2 is 2.04 bits per heavy atom. The molecule has 1 N–H and O–H groups in total. The smallest absolute Gasteiger partial charge is 0.231 e. The van der Waals surface area contributed by atoms with Crippen LogP contribution in [0.15, 0.2) is 12.1 Å². The summed E-state index contributed by atoms with van der Waals surface area (Å²) in [7, 11) is 1.98. The number of hydrogen-bond acceptors (Lipinski definition) is 4. The van der Waals surface area contributed by atoms with E-state index in [-0.39, 0.29) is 11.8 Å². The summed E-state index contributed by atoms with van der Waals surface area (Å²) < 4.78 is 7.73. The lowest BCUT2D eigenvalue weighted by molar-refractivity contribution is -0.122. The second-order valence-corrected chi connectivity index (χ2v) is 7.22. The minimum absolute atomic E-state index is 0.0183. The van der Waals surface area contributed by atoms with E-state index in [9.17, 15) is 4.79 Å². The highest BCUT2D eigenvalue weighted by atomic mass is 16.5. The highest BCUT2D eigenvalue weighted by Crippen LogP contribution is 2.36. The number of carbonyl (C=O) groups is 1. The zero-order valence-corrected chi connectivity index (χ0v) is 15.0. The van der Waals surface area contributed by atoms with Gasteiger partial charge in [0.2, 0.25) is 5.91 Å². The fourth-order valence-electron chi connectivity index (χ4n) is 3.53. The minimum atomic E-state index is -0.256. The molecule has 2 aromatic rings. The molecule has 1 saturated carbocycles. The Labute approximate surface area is 147 Å². The number of benzene rings is 1. The Bertz CT molecular complexity index is 823. The molecule has 0 radical (unpaired) electrons. The standard InChI is InChI=1S/C19H24N4O2/c1-11-7-14-15(10-25-16(14)8-12(11)2)19(24)20-9-17-21-22-18(23(17)3)13-5-4-6-13/h7-8,13,15H,4-6,9-10H2,1-3H3,(H,20,24)/t15-/m0/s1. The highest BCUT2D eigenvalue weighted by Gasteiger charge is 2.31. The fraction of sp³-hybridized carbons (Fsp3) is 0.526. The number of fused-ring (bicyclic) bond motifs is 1. The zero-order valence-electron chi connectivity index (χ0n) is 15.0. The lowest BCUT2D eigenvalue weighted by Crippen LogP contribution is -2.30. The van der Waals surface area contributed by atoms with Crippen molar-refractivity contribution >= 4 is 5.91 Å². The molecule has 0 bridgehead atoms. The average molecular weight is 340 g/mol. The van der Waals surface area contributed by atoms with E-state index in [0.29, 0.717) is 19.1 Å². The molecule has 1 fully saturated rings. The van der Waals surface area contributed by atoms with Crippen molar-refractivity contribution in [3.63, 3.8) is 0 Å². The monoisotopic (exact) mass is 340 g/mol. The molecule has 2 heterocycles. The highest BCUT2D eigenvalue weighted by molar-refractivity contribution is 5.85. The van der Waals surface area contributed by atoms with Crippen LogP contribution in [-0.4, -0.2) is 27.3 Å². The lowest BCUT2D eigenvalue weighted by atomic mass is 9.85. The van der Waals surface area contributed by atoms with Gasteiger partial charge < -0.3 is 14.6 Å². The molecule has 1 aromatic carbocycles. The third kappa shape index (κ3) is 2.79. The molecule has 1 atom stereocenters. The van der Waals surface area contributed by atoms with Gasteiger partial charge in [-0.3, -0.25) is 4.79 Å². The summed E-state index contributed by atoms with van der Waals surface area (Å²) >= 11 is 0. The lowest BCUT2D eigenvalue weighted by Gasteiger charge is -2.24.